The Morgan fingerprint density at radius 2 is 1.79 bits per heavy atom. The van der Waals surface area contributed by atoms with Crippen molar-refractivity contribution in [1.29, 1.82) is 0 Å². The van der Waals surface area contributed by atoms with Crippen molar-refractivity contribution < 1.29 is 17.9 Å². The van der Waals surface area contributed by atoms with Gasteiger partial charge in [-0.1, -0.05) is 35.9 Å². The van der Waals surface area contributed by atoms with E-state index in [1.807, 2.05) is 24.3 Å². The van der Waals surface area contributed by atoms with Crippen LogP contribution in [0.4, 0.5) is 0 Å². The van der Waals surface area contributed by atoms with Gasteiger partial charge >= 0.3 is 0 Å². The number of aryl methyl sites for hydroxylation is 1. The van der Waals surface area contributed by atoms with E-state index in [1.165, 1.54) is 10.4 Å². The van der Waals surface area contributed by atoms with Crippen LogP contribution in [0, 0.1) is 0 Å². The molecule has 2 aromatic carbocycles. The molecular formula is C20H23ClN2O4S. The number of piperazine rings is 1. The van der Waals surface area contributed by atoms with Crippen LogP contribution >= 0.6 is 11.6 Å². The summed E-state index contributed by atoms with van der Waals surface area (Å²) in [6.45, 7) is 1.28. The molecule has 6 nitrogen and oxygen atoms in total. The summed E-state index contributed by atoms with van der Waals surface area (Å²) >= 11 is 6.05. The highest BCUT2D eigenvalue weighted by Crippen LogP contribution is 2.25. The first-order valence-electron chi connectivity index (χ1n) is 9.07. The lowest BCUT2D eigenvalue weighted by atomic mass is 10.1. The molecule has 0 N–H and O–H groups in total. The van der Waals surface area contributed by atoms with Crippen molar-refractivity contribution in [3.8, 4) is 5.75 Å². The molecule has 150 valence electrons. The Morgan fingerprint density at radius 1 is 1.07 bits per heavy atom. The fourth-order valence-electron chi connectivity index (χ4n) is 3.21. The summed E-state index contributed by atoms with van der Waals surface area (Å²) in [6, 6.07) is 14.1. The van der Waals surface area contributed by atoms with Crippen LogP contribution in [0.5, 0.6) is 5.75 Å². The minimum atomic E-state index is -3.66. The fraction of sp³-hybridized carbons (Fsp3) is 0.350. The zero-order valence-electron chi connectivity index (χ0n) is 15.7. The molecular weight excluding hydrogens is 400 g/mol. The lowest BCUT2D eigenvalue weighted by Crippen LogP contribution is -2.50. The third kappa shape index (κ3) is 4.66. The van der Waals surface area contributed by atoms with Gasteiger partial charge in [-0.3, -0.25) is 4.79 Å². The van der Waals surface area contributed by atoms with Gasteiger partial charge in [0.05, 0.1) is 12.1 Å². The minimum absolute atomic E-state index is 0.0256. The molecule has 1 aliphatic heterocycles. The van der Waals surface area contributed by atoms with Crippen molar-refractivity contribution in [3.63, 3.8) is 0 Å². The third-order valence-electron chi connectivity index (χ3n) is 4.81. The predicted molar refractivity (Wildman–Crippen MR) is 108 cm³/mol. The number of ether oxygens (including phenoxy) is 1. The van der Waals surface area contributed by atoms with E-state index in [1.54, 1.807) is 30.2 Å². The van der Waals surface area contributed by atoms with Crippen LogP contribution in [0.3, 0.4) is 0 Å². The van der Waals surface area contributed by atoms with Crippen molar-refractivity contribution in [1.82, 2.24) is 9.21 Å². The Hall–Kier alpha value is -2.09. The summed E-state index contributed by atoms with van der Waals surface area (Å²) in [5.74, 6) is 0.793. The van der Waals surface area contributed by atoms with Gasteiger partial charge in [0.25, 0.3) is 0 Å². The lowest BCUT2D eigenvalue weighted by Gasteiger charge is -2.34. The number of hydrogen-bond donors (Lipinski definition) is 0. The van der Waals surface area contributed by atoms with Gasteiger partial charge in [0, 0.05) is 32.6 Å². The normalized spacial score (nSPS) is 15.4. The zero-order valence-corrected chi connectivity index (χ0v) is 17.2. The fourth-order valence-corrected chi connectivity index (χ4v) is 5.12. The summed E-state index contributed by atoms with van der Waals surface area (Å²) in [7, 11) is -2.04. The summed E-state index contributed by atoms with van der Waals surface area (Å²) in [6.07, 6.45) is 0.999. The molecule has 2 aromatic rings. The Labute approximate surface area is 170 Å². The molecule has 3 rings (SSSR count). The summed E-state index contributed by atoms with van der Waals surface area (Å²) in [5, 5.41) is 0.208. The van der Waals surface area contributed by atoms with Crippen LogP contribution in [0.25, 0.3) is 0 Å². The molecule has 1 saturated heterocycles. The van der Waals surface area contributed by atoms with E-state index < -0.39 is 10.0 Å². The minimum Gasteiger partial charge on any atom is -0.497 e. The van der Waals surface area contributed by atoms with Crippen molar-refractivity contribution in [3.05, 3.63) is 59.1 Å². The van der Waals surface area contributed by atoms with Crippen LogP contribution in [0.2, 0.25) is 5.02 Å². The van der Waals surface area contributed by atoms with E-state index in [9.17, 15) is 13.2 Å². The maximum atomic E-state index is 12.8. The van der Waals surface area contributed by atoms with Gasteiger partial charge in [-0.2, -0.15) is 4.31 Å². The highest BCUT2D eigenvalue weighted by atomic mass is 35.5. The van der Waals surface area contributed by atoms with Gasteiger partial charge in [0.15, 0.2) is 0 Å². The zero-order chi connectivity index (χ0) is 20.1. The number of rotatable bonds is 6. The van der Waals surface area contributed by atoms with Gasteiger partial charge in [0.2, 0.25) is 15.9 Å². The first kappa shape index (κ1) is 20.6. The molecule has 0 radical (unpaired) electrons. The molecule has 0 unspecified atom stereocenters. The number of benzene rings is 2. The molecule has 0 spiro atoms. The van der Waals surface area contributed by atoms with E-state index in [0.29, 0.717) is 25.9 Å². The predicted octanol–water partition coefficient (Wildman–Crippen LogP) is 2.81. The van der Waals surface area contributed by atoms with Crippen LogP contribution in [0.15, 0.2) is 53.4 Å². The van der Waals surface area contributed by atoms with Crippen molar-refractivity contribution in [2.75, 3.05) is 33.3 Å². The number of sulfonamides is 1. The molecule has 28 heavy (non-hydrogen) atoms. The summed E-state index contributed by atoms with van der Waals surface area (Å²) in [5.41, 5.74) is 1.03. The molecule has 0 bridgehead atoms. The number of halogens is 1. The van der Waals surface area contributed by atoms with Crippen molar-refractivity contribution in [2.24, 2.45) is 0 Å². The quantitative estimate of drug-likeness (QED) is 0.717. The van der Waals surface area contributed by atoms with Crippen LogP contribution < -0.4 is 4.74 Å². The summed E-state index contributed by atoms with van der Waals surface area (Å²) < 4.78 is 32.2. The standard InChI is InChI=1S/C20H23ClN2O4S/c1-27-17-6-4-5-16(15-17)9-10-20(24)22-11-13-23(14-12-22)28(25,26)19-8-3-2-7-18(19)21/h2-8,15H,9-14H2,1H3. The van der Waals surface area contributed by atoms with Gasteiger partial charge in [0.1, 0.15) is 10.6 Å². The molecule has 1 aliphatic rings. The molecule has 1 heterocycles. The molecule has 0 saturated carbocycles. The molecule has 0 aromatic heterocycles. The third-order valence-corrected chi connectivity index (χ3v) is 7.21. The van der Waals surface area contributed by atoms with Crippen LogP contribution in [-0.4, -0.2) is 56.8 Å². The lowest BCUT2D eigenvalue weighted by molar-refractivity contribution is -0.132. The molecule has 8 heteroatoms. The Balaban J connectivity index is 1.56. The summed E-state index contributed by atoms with van der Waals surface area (Å²) in [4.78, 5) is 14.3. The van der Waals surface area contributed by atoms with Crippen molar-refractivity contribution >= 4 is 27.5 Å². The molecule has 0 atom stereocenters. The smallest absolute Gasteiger partial charge is 0.244 e. The largest absolute Gasteiger partial charge is 0.497 e. The monoisotopic (exact) mass is 422 g/mol. The molecule has 1 amide bonds. The van der Waals surface area contributed by atoms with Crippen LogP contribution in [0.1, 0.15) is 12.0 Å². The van der Waals surface area contributed by atoms with E-state index >= 15 is 0 Å². The van der Waals surface area contributed by atoms with E-state index in [2.05, 4.69) is 0 Å². The average Bonchev–Trinajstić information content (AvgIpc) is 2.72. The number of methoxy groups -OCH3 is 1. The van der Waals surface area contributed by atoms with Gasteiger partial charge < -0.3 is 9.64 Å². The highest BCUT2D eigenvalue weighted by Gasteiger charge is 2.31. The SMILES string of the molecule is COc1cccc(CCC(=O)N2CCN(S(=O)(=O)c3ccccc3Cl)CC2)c1. The Morgan fingerprint density at radius 3 is 2.46 bits per heavy atom. The molecule has 1 fully saturated rings. The van der Waals surface area contributed by atoms with Gasteiger partial charge in [-0.05, 0) is 36.2 Å². The first-order chi connectivity index (χ1) is 13.4. The van der Waals surface area contributed by atoms with E-state index in [-0.39, 0.29) is 28.9 Å². The average molecular weight is 423 g/mol. The number of hydrogen-bond acceptors (Lipinski definition) is 4. The maximum absolute atomic E-state index is 12.8. The second kappa shape index (κ2) is 8.94. The highest BCUT2D eigenvalue weighted by molar-refractivity contribution is 7.89. The Kier molecular flexibility index (Phi) is 6.59. The van der Waals surface area contributed by atoms with Gasteiger partial charge in [-0.15, -0.1) is 0 Å². The van der Waals surface area contributed by atoms with Crippen molar-refractivity contribution in [2.45, 2.75) is 17.7 Å². The molecule has 0 aliphatic carbocycles. The second-order valence-electron chi connectivity index (χ2n) is 6.57. The first-order valence-corrected chi connectivity index (χ1v) is 10.9. The maximum Gasteiger partial charge on any atom is 0.244 e. The van der Waals surface area contributed by atoms with E-state index in [4.69, 9.17) is 16.3 Å². The second-order valence-corrected chi connectivity index (χ2v) is 8.88. The van der Waals surface area contributed by atoms with E-state index in [0.717, 1.165) is 11.3 Å². The van der Waals surface area contributed by atoms with Crippen LogP contribution in [-0.2, 0) is 21.2 Å². The number of amides is 1. The topological polar surface area (TPSA) is 66.9 Å². The number of carbonyl (C=O) groups is 1. The Bertz CT molecular complexity index is 941. The number of carbonyl (C=O) groups excluding carboxylic acids is 1. The number of nitrogens with zero attached hydrogens (tertiary/aromatic N) is 2. The van der Waals surface area contributed by atoms with Gasteiger partial charge in [-0.25, -0.2) is 8.42 Å².